The fourth-order valence-electron chi connectivity index (χ4n) is 1.98. The molecule has 0 radical (unpaired) electrons. The van der Waals surface area contributed by atoms with Gasteiger partial charge in [0.2, 0.25) is 0 Å². The van der Waals surface area contributed by atoms with Gasteiger partial charge in [0.1, 0.15) is 17.9 Å². The molecule has 5 nitrogen and oxygen atoms in total. The quantitative estimate of drug-likeness (QED) is 0.801. The van der Waals surface area contributed by atoms with Crippen molar-refractivity contribution in [2.24, 2.45) is 5.73 Å². The first kappa shape index (κ1) is 17.0. The Labute approximate surface area is 133 Å². The third-order valence-electron chi connectivity index (χ3n) is 4.37. The maximum absolute atomic E-state index is 6.33. The molecule has 1 atom stereocenters. The van der Waals surface area contributed by atoms with E-state index in [0.29, 0.717) is 13.2 Å². The molecule has 0 aliphatic rings. The highest BCUT2D eigenvalue weighted by atomic mass is 28.4. The van der Waals surface area contributed by atoms with Gasteiger partial charge in [-0.15, -0.1) is 0 Å². The van der Waals surface area contributed by atoms with E-state index < -0.39 is 8.32 Å². The van der Waals surface area contributed by atoms with Gasteiger partial charge in [-0.1, -0.05) is 26.8 Å². The van der Waals surface area contributed by atoms with Crippen LogP contribution in [0, 0.1) is 0 Å². The summed E-state index contributed by atoms with van der Waals surface area (Å²) in [6.45, 7) is 12.0. The number of hydrogen-bond acceptors (Lipinski definition) is 4. The van der Waals surface area contributed by atoms with E-state index in [2.05, 4.69) is 43.8 Å². The minimum Gasteiger partial charge on any atom is -0.489 e. The number of nitrogens with two attached hydrogens (primary N) is 1. The molecule has 0 aliphatic heterocycles. The van der Waals surface area contributed by atoms with Crippen molar-refractivity contribution >= 4 is 19.4 Å². The van der Waals surface area contributed by atoms with Crippen LogP contribution < -0.4 is 10.5 Å². The van der Waals surface area contributed by atoms with E-state index in [1.165, 1.54) is 0 Å². The van der Waals surface area contributed by atoms with Crippen LogP contribution in [0.25, 0.3) is 11.0 Å². The van der Waals surface area contributed by atoms with Crippen molar-refractivity contribution in [3.63, 3.8) is 0 Å². The minimum absolute atomic E-state index is 0.102. The number of ether oxygens (including phenoxy) is 1. The molecule has 2 aromatic rings. The van der Waals surface area contributed by atoms with Crippen molar-refractivity contribution in [2.75, 3.05) is 13.2 Å². The summed E-state index contributed by atoms with van der Waals surface area (Å²) in [7, 11) is -1.85. The van der Waals surface area contributed by atoms with Gasteiger partial charge >= 0.3 is 0 Å². The van der Waals surface area contributed by atoms with Gasteiger partial charge < -0.3 is 19.9 Å². The van der Waals surface area contributed by atoms with Gasteiger partial charge in [-0.25, -0.2) is 4.98 Å². The summed E-state index contributed by atoms with van der Waals surface area (Å²) >= 11 is 0. The van der Waals surface area contributed by atoms with Gasteiger partial charge in [-0.2, -0.15) is 0 Å². The summed E-state index contributed by atoms with van der Waals surface area (Å²) < 4.78 is 12.3. The first-order chi connectivity index (χ1) is 10.2. The molecule has 0 bridgehead atoms. The maximum atomic E-state index is 6.33. The Kier molecular flexibility index (Phi) is 4.94. The number of H-pyrrole nitrogens is 1. The maximum Gasteiger partial charge on any atom is 0.192 e. The lowest BCUT2D eigenvalue weighted by atomic mass is 10.2. The van der Waals surface area contributed by atoms with Crippen LogP contribution in [0.1, 0.15) is 20.8 Å². The Morgan fingerprint density at radius 2 is 2.05 bits per heavy atom. The molecule has 122 valence electrons. The molecule has 0 aliphatic carbocycles. The standard InChI is InChI=1S/C16H27N3O2Si/c1-16(2,3)22(4,5)21-12(9-17)10-20-14-8-6-7-13-15(14)19-11-18-13/h6-8,11-12H,9-10,17H2,1-5H3,(H,18,19)/t12-/m0/s1. The molecule has 0 fully saturated rings. The fourth-order valence-corrected chi connectivity index (χ4v) is 3.33. The van der Waals surface area contributed by atoms with Crippen LogP contribution >= 0.6 is 0 Å². The number of imidazole rings is 1. The number of fused-ring (bicyclic) bond motifs is 1. The molecule has 1 aromatic carbocycles. The number of nitrogens with zero attached hydrogens (tertiary/aromatic N) is 1. The van der Waals surface area contributed by atoms with Crippen molar-refractivity contribution in [1.82, 2.24) is 9.97 Å². The lowest BCUT2D eigenvalue weighted by Crippen LogP contribution is -2.47. The number of benzene rings is 1. The largest absolute Gasteiger partial charge is 0.489 e. The van der Waals surface area contributed by atoms with E-state index in [1.807, 2.05) is 18.2 Å². The van der Waals surface area contributed by atoms with E-state index in [4.69, 9.17) is 14.9 Å². The van der Waals surface area contributed by atoms with E-state index in [9.17, 15) is 0 Å². The molecule has 0 spiro atoms. The van der Waals surface area contributed by atoms with E-state index in [0.717, 1.165) is 16.8 Å². The molecule has 0 saturated carbocycles. The zero-order valence-corrected chi connectivity index (χ0v) is 15.1. The molecule has 1 heterocycles. The number of aromatic amines is 1. The second-order valence-electron chi connectivity index (χ2n) is 7.10. The Bertz CT molecular complexity index is 619. The highest BCUT2D eigenvalue weighted by molar-refractivity contribution is 6.74. The molecule has 22 heavy (non-hydrogen) atoms. The third-order valence-corrected chi connectivity index (χ3v) is 8.90. The number of rotatable bonds is 6. The first-order valence-electron chi connectivity index (χ1n) is 7.67. The van der Waals surface area contributed by atoms with Crippen LogP contribution in [0.4, 0.5) is 0 Å². The molecule has 1 aromatic heterocycles. The molecule has 2 rings (SSSR count). The molecule has 6 heteroatoms. The number of para-hydroxylation sites is 1. The molecule has 0 amide bonds. The van der Waals surface area contributed by atoms with Gasteiger partial charge in [0.05, 0.1) is 17.9 Å². The average Bonchev–Trinajstić information content (AvgIpc) is 2.90. The van der Waals surface area contributed by atoms with Crippen LogP contribution in [0.15, 0.2) is 24.5 Å². The van der Waals surface area contributed by atoms with E-state index >= 15 is 0 Å². The van der Waals surface area contributed by atoms with Crippen LogP contribution in [-0.2, 0) is 4.43 Å². The van der Waals surface area contributed by atoms with Crippen LogP contribution in [0.3, 0.4) is 0 Å². The van der Waals surface area contributed by atoms with Crippen molar-refractivity contribution in [3.8, 4) is 5.75 Å². The number of aromatic nitrogens is 2. The average molecular weight is 321 g/mol. The normalized spacial score (nSPS) is 14.3. The fraction of sp³-hybridized carbons (Fsp3) is 0.562. The predicted octanol–water partition coefficient (Wildman–Crippen LogP) is 3.29. The Balaban J connectivity index is 2.04. The number of hydrogen-bond donors (Lipinski definition) is 2. The lowest BCUT2D eigenvalue weighted by Gasteiger charge is -2.38. The summed E-state index contributed by atoms with van der Waals surface area (Å²) in [5, 5.41) is 0.155. The zero-order valence-electron chi connectivity index (χ0n) is 14.1. The summed E-state index contributed by atoms with van der Waals surface area (Å²) in [5.74, 6) is 0.760. The Morgan fingerprint density at radius 1 is 1.32 bits per heavy atom. The van der Waals surface area contributed by atoms with Gasteiger partial charge in [0, 0.05) is 6.54 Å². The first-order valence-corrected chi connectivity index (χ1v) is 10.6. The van der Waals surface area contributed by atoms with E-state index in [1.54, 1.807) is 6.33 Å². The monoisotopic (exact) mass is 321 g/mol. The van der Waals surface area contributed by atoms with Crippen molar-refractivity contribution in [1.29, 1.82) is 0 Å². The molecule has 3 N–H and O–H groups in total. The molecular formula is C16H27N3O2Si. The van der Waals surface area contributed by atoms with Gasteiger partial charge in [-0.05, 0) is 30.3 Å². The van der Waals surface area contributed by atoms with Gasteiger partial charge in [0.15, 0.2) is 8.32 Å². The predicted molar refractivity (Wildman–Crippen MR) is 92.7 cm³/mol. The SMILES string of the molecule is CC(C)(C)[Si](C)(C)O[C@@H](CN)COc1cccc2[nH]cnc12. The summed E-state index contributed by atoms with van der Waals surface area (Å²) in [6, 6.07) is 5.84. The Hall–Kier alpha value is -1.37. The third kappa shape index (κ3) is 3.69. The van der Waals surface area contributed by atoms with Crippen LogP contribution in [0.5, 0.6) is 5.75 Å². The zero-order chi connectivity index (χ0) is 16.4. The Morgan fingerprint density at radius 3 is 2.68 bits per heavy atom. The molecular weight excluding hydrogens is 294 g/mol. The van der Waals surface area contributed by atoms with Crippen LogP contribution in [-0.4, -0.2) is 37.5 Å². The topological polar surface area (TPSA) is 73.2 Å². The van der Waals surface area contributed by atoms with Crippen molar-refractivity contribution in [3.05, 3.63) is 24.5 Å². The van der Waals surface area contributed by atoms with E-state index in [-0.39, 0.29) is 11.1 Å². The second kappa shape index (κ2) is 6.40. The van der Waals surface area contributed by atoms with Crippen molar-refractivity contribution < 1.29 is 9.16 Å². The highest BCUT2D eigenvalue weighted by Crippen LogP contribution is 2.37. The lowest BCUT2D eigenvalue weighted by molar-refractivity contribution is 0.122. The van der Waals surface area contributed by atoms with Crippen molar-refractivity contribution in [2.45, 2.75) is 45.0 Å². The highest BCUT2D eigenvalue weighted by Gasteiger charge is 2.39. The summed E-state index contributed by atoms with van der Waals surface area (Å²) in [6.07, 6.45) is 1.57. The smallest absolute Gasteiger partial charge is 0.192 e. The molecule has 0 saturated heterocycles. The van der Waals surface area contributed by atoms with Crippen LogP contribution in [0.2, 0.25) is 18.1 Å². The van der Waals surface area contributed by atoms with Gasteiger partial charge in [-0.3, -0.25) is 0 Å². The number of nitrogens with one attached hydrogen (secondary N) is 1. The second-order valence-corrected chi connectivity index (χ2v) is 11.9. The van der Waals surface area contributed by atoms with Gasteiger partial charge in [0.25, 0.3) is 0 Å². The summed E-state index contributed by atoms with van der Waals surface area (Å²) in [4.78, 5) is 7.37. The summed E-state index contributed by atoms with van der Waals surface area (Å²) in [5.41, 5.74) is 7.68. The molecule has 0 unspecified atom stereocenters. The minimum atomic E-state index is -1.85.